The van der Waals surface area contributed by atoms with E-state index >= 15 is 0 Å². The van der Waals surface area contributed by atoms with Crippen molar-refractivity contribution in [3.05, 3.63) is 29.3 Å². The third kappa shape index (κ3) is 6.04. The van der Waals surface area contributed by atoms with E-state index in [1.54, 1.807) is 6.07 Å². The number of nitriles is 1. The standard InChI is InChI=1S/C15H19N3O7S2/c1-11(19)13(10-16)8-12-6-7-14(24-26(20,21)17(2)3)15(9-12)25-27(22,23)18(4)5/h6-9H,1-5H3/b13-8-. The van der Waals surface area contributed by atoms with Gasteiger partial charge in [-0.3, -0.25) is 4.79 Å². The Balaban J connectivity index is 3.53. The smallest absolute Gasteiger partial charge is 0.367 e. The van der Waals surface area contributed by atoms with Gasteiger partial charge in [-0.25, -0.2) is 0 Å². The highest BCUT2D eigenvalue weighted by atomic mass is 32.2. The molecule has 0 aliphatic heterocycles. The molecule has 10 nitrogen and oxygen atoms in total. The Hall–Kier alpha value is -2.46. The third-order valence-corrected chi connectivity index (χ3v) is 5.63. The maximum absolute atomic E-state index is 12.0. The van der Waals surface area contributed by atoms with Crippen LogP contribution in [0.4, 0.5) is 0 Å². The first-order valence-electron chi connectivity index (χ1n) is 7.31. The molecule has 0 saturated heterocycles. The largest absolute Gasteiger partial charge is 0.384 e. The van der Waals surface area contributed by atoms with Crippen molar-refractivity contribution >= 4 is 32.5 Å². The van der Waals surface area contributed by atoms with Gasteiger partial charge in [0.1, 0.15) is 6.07 Å². The lowest BCUT2D eigenvalue weighted by Crippen LogP contribution is -2.29. The summed E-state index contributed by atoms with van der Waals surface area (Å²) >= 11 is 0. The van der Waals surface area contributed by atoms with Gasteiger partial charge in [-0.05, 0) is 30.7 Å². The van der Waals surface area contributed by atoms with E-state index in [0.29, 0.717) is 0 Å². The molecule has 0 fully saturated rings. The Morgan fingerprint density at radius 1 is 1.00 bits per heavy atom. The number of carbonyl (C=O) groups excluding carboxylic acids is 1. The Bertz CT molecular complexity index is 1000. The van der Waals surface area contributed by atoms with E-state index in [9.17, 15) is 21.6 Å². The van der Waals surface area contributed by atoms with Crippen LogP contribution in [0.1, 0.15) is 12.5 Å². The monoisotopic (exact) mass is 417 g/mol. The topological polar surface area (TPSA) is 134 Å². The van der Waals surface area contributed by atoms with Gasteiger partial charge in [-0.2, -0.15) is 30.7 Å². The number of rotatable bonds is 8. The summed E-state index contributed by atoms with van der Waals surface area (Å²) in [5.41, 5.74) is 0.0614. The summed E-state index contributed by atoms with van der Waals surface area (Å²) < 4.78 is 59.3. The average Bonchev–Trinajstić information content (AvgIpc) is 2.53. The molecule has 0 aliphatic rings. The molecule has 27 heavy (non-hydrogen) atoms. The van der Waals surface area contributed by atoms with Crippen molar-refractivity contribution in [3.8, 4) is 17.6 Å². The van der Waals surface area contributed by atoms with Crippen LogP contribution in [-0.4, -0.2) is 59.4 Å². The first kappa shape index (κ1) is 22.6. The van der Waals surface area contributed by atoms with E-state index in [1.165, 1.54) is 47.3 Å². The molecule has 1 rings (SSSR count). The molecule has 1 aromatic carbocycles. The van der Waals surface area contributed by atoms with Gasteiger partial charge in [0.25, 0.3) is 0 Å². The lowest BCUT2D eigenvalue weighted by atomic mass is 10.1. The highest BCUT2D eigenvalue weighted by Crippen LogP contribution is 2.32. The highest BCUT2D eigenvalue weighted by Gasteiger charge is 2.23. The fraction of sp³-hybridized carbons (Fsp3) is 0.333. The minimum absolute atomic E-state index is 0.175. The van der Waals surface area contributed by atoms with Crippen molar-refractivity contribution in [1.29, 1.82) is 5.26 Å². The van der Waals surface area contributed by atoms with E-state index in [2.05, 4.69) is 0 Å². The summed E-state index contributed by atoms with van der Waals surface area (Å²) in [5, 5.41) is 8.97. The van der Waals surface area contributed by atoms with Gasteiger partial charge in [0.2, 0.25) is 0 Å². The van der Waals surface area contributed by atoms with E-state index < -0.39 is 32.1 Å². The van der Waals surface area contributed by atoms with Crippen LogP contribution >= 0.6 is 0 Å². The summed E-state index contributed by atoms with van der Waals surface area (Å²) in [6.07, 6.45) is 1.21. The molecule has 0 aromatic heterocycles. The first-order valence-corrected chi connectivity index (χ1v) is 10.0. The van der Waals surface area contributed by atoms with Crippen molar-refractivity contribution in [2.24, 2.45) is 0 Å². The van der Waals surface area contributed by atoms with Crippen LogP contribution < -0.4 is 8.37 Å². The van der Waals surface area contributed by atoms with Crippen LogP contribution in [-0.2, 0) is 25.4 Å². The molecule has 0 heterocycles. The van der Waals surface area contributed by atoms with Crippen molar-refractivity contribution in [2.75, 3.05) is 28.2 Å². The quantitative estimate of drug-likeness (QED) is 0.442. The fourth-order valence-electron chi connectivity index (χ4n) is 1.50. The zero-order valence-electron chi connectivity index (χ0n) is 15.3. The maximum Gasteiger partial charge on any atom is 0.384 e. The second-order valence-corrected chi connectivity index (χ2v) is 9.08. The lowest BCUT2D eigenvalue weighted by molar-refractivity contribution is -0.113. The number of nitrogens with zero attached hydrogens (tertiary/aromatic N) is 3. The van der Waals surface area contributed by atoms with Crippen molar-refractivity contribution in [2.45, 2.75) is 6.92 Å². The molecule has 0 amide bonds. The first-order chi connectivity index (χ1) is 12.3. The van der Waals surface area contributed by atoms with E-state index in [-0.39, 0.29) is 16.9 Å². The zero-order valence-corrected chi connectivity index (χ0v) is 17.0. The van der Waals surface area contributed by atoms with Gasteiger partial charge in [0.05, 0.1) is 5.57 Å². The molecule has 0 spiro atoms. The van der Waals surface area contributed by atoms with Gasteiger partial charge in [0, 0.05) is 28.2 Å². The van der Waals surface area contributed by atoms with Crippen LogP contribution in [0.15, 0.2) is 23.8 Å². The molecule has 148 valence electrons. The number of allylic oxidation sites excluding steroid dienone is 1. The molecule has 0 bridgehead atoms. The predicted octanol–water partition coefficient (Wildman–Crippen LogP) is 0.553. The van der Waals surface area contributed by atoms with E-state index in [0.717, 1.165) is 20.7 Å². The van der Waals surface area contributed by atoms with Gasteiger partial charge in [0.15, 0.2) is 17.3 Å². The van der Waals surface area contributed by atoms with Crippen LogP contribution in [0, 0.1) is 11.3 Å². The van der Waals surface area contributed by atoms with Crippen molar-refractivity contribution in [3.63, 3.8) is 0 Å². The normalized spacial score (nSPS) is 12.7. The summed E-state index contributed by atoms with van der Waals surface area (Å²) in [7, 11) is -3.50. The second kappa shape index (κ2) is 8.49. The summed E-state index contributed by atoms with van der Waals surface area (Å²) in [6, 6.07) is 5.35. The van der Waals surface area contributed by atoms with Crippen molar-refractivity contribution < 1.29 is 30.0 Å². The summed E-state index contributed by atoms with van der Waals surface area (Å²) in [5.74, 6) is -1.30. The van der Waals surface area contributed by atoms with Crippen LogP contribution in [0.3, 0.4) is 0 Å². The predicted molar refractivity (Wildman–Crippen MR) is 97.2 cm³/mol. The maximum atomic E-state index is 12.0. The van der Waals surface area contributed by atoms with Crippen molar-refractivity contribution in [1.82, 2.24) is 8.61 Å². The molecule has 0 N–H and O–H groups in total. The molecule has 0 atom stereocenters. The van der Waals surface area contributed by atoms with Gasteiger partial charge in [-0.1, -0.05) is 6.07 Å². The van der Waals surface area contributed by atoms with Crippen LogP contribution in [0.25, 0.3) is 6.08 Å². The highest BCUT2D eigenvalue weighted by molar-refractivity contribution is 7.85. The van der Waals surface area contributed by atoms with Gasteiger partial charge in [-0.15, -0.1) is 0 Å². The molecular formula is C15H19N3O7S2. The molecule has 0 unspecified atom stereocenters. The second-order valence-electron chi connectivity index (χ2n) is 5.58. The van der Waals surface area contributed by atoms with Crippen LogP contribution in [0.5, 0.6) is 11.5 Å². The number of hydrogen-bond donors (Lipinski definition) is 0. The minimum Gasteiger partial charge on any atom is -0.367 e. The molecular weight excluding hydrogens is 398 g/mol. The molecule has 1 aromatic rings. The van der Waals surface area contributed by atoms with Gasteiger partial charge < -0.3 is 8.37 Å². The SMILES string of the molecule is CC(=O)/C(C#N)=C\c1ccc(OS(=O)(=O)N(C)C)c(OS(=O)(=O)N(C)C)c1. The average molecular weight is 417 g/mol. The Morgan fingerprint density at radius 2 is 1.48 bits per heavy atom. The molecule has 0 radical (unpaired) electrons. The number of Topliss-reactive ketones (excluding diaryl/α,β-unsaturated/α-hetero) is 1. The lowest BCUT2D eigenvalue weighted by Gasteiger charge is -2.17. The summed E-state index contributed by atoms with van der Waals surface area (Å²) in [6.45, 7) is 1.20. The number of hydrogen-bond acceptors (Lipinski definition) is 8. The number of benzene rings is 1. The van der Waals surface area contributed by atoms with E-state index in [4.69, 9.17) is 13.6 Å². The van der Waals surface area contributed by atoms with Crippen LogP contribution in [0.2, 0.25) is 0 Å². The zero-order chi connectivity index (χ0) is 21.0. The number of ketones is 1. The summed E-state index contributed by atoms with van der Waals surface area (Å²) in [4.78, 5) is 11.4. The fourth-order valence-corrected chi connectivity index (χ4v) is 2.52. The Kier molecular flexibility index (Phi) is 7.10. The van der Waals surface area contributed by atoms with Gasteiger partial charge >= 0.3 is 20.6 Å². The third-order valence-electron chi connectivity index (χ3n) is 3.06. The molecule has 12 heteroatoms. The molecule has 0 aliphatic carbocycles. The van der Waals surface area contributed by atoms with E-state index in [1.807, 2.05) is 0 Å². The number of carbonyl (C=O) groups is 1. The molecule has 0 saturated carbocycles. The minimum atomic E-state index is -4.22. The Labute approximate surface area is 158 Å². The Morgan fingerprint density at radius 3 is 1.89 bits per heavy atom.